The summed E-state index contributed by atoms with van der Waals surface area (Å²) < 4.78 is 36.9. The average molecular weight is 479 g/mol. The van der Waals surface area contributed by atoms with Gasteiger partial charge in [-0.05, 0) is 48.0 Å². The minimum Gasteiger partial charge on any atom is -0.497 e. The molecule has 0 unspecified atom stereocenters. The Labute approximate surface area is 192 Å². The summed E-state index contributed by atoms with van der Waals surface area (Å²) in [6.45, 7) is 0.317. The zero-order valence-electron chi connectivity index (χ0n) is 17.4. The molecule has 0 radical (unpaired) electrons. The molecule has 0 aromatic heterocycles. The van der Waals surface area contributed by atoms with Gasteiger partial charge in [-0.1, -0.05) is 23.7 Å². The summed E-state index contributed by atoms with van der Waals surface area (Å²) >= 11 is 5.82. The van der Waals surface area contributed by atoms with E-state index in [0.717, 1.165) is 5.56 Å². The number of methoxy groups -OCH3 is 1. The molecular formula is C22H23ClN2O6S. The molecule has 1 aliphatic rings. The molecule has 0 N–H and O–H groups in total. The van der Waals surface area contributed by atoms with Crippen LogP contribution in [0.15, 0.2) is 59.5 Å². The molecule has 1 heterocycles. The molecule has 0 atom stereocenters. The lowest BCUT2D eigenvalue weighted by molar-refractivity contribution is -0.148. The van der Waals surface area contributed by atoms with Crippen LogP contribution in [-0.2, 0) is 24.3 Å². The first-order chi connectivity index (χ1) is 15.3. The van der Waals surface area contributed by atoms with Gasteiger partial charge in [-0.3, -0.25) is 4.79 Å². The van der Waals surface area contributed by atoms with Gasteiger partial charge in [-0.15, -0.1) is 0 Å². The fraction of sp³-hybridized carbons (Fsp3) is 0.273. The van der Waals surface area contributed by atoms with Crippen LogP contribution < -0.4 is 4.74 Å². The number of sulfonamides is 1. The van der Waals surface area contributed by atoms with Crippen LogP contribution in [0.1, 0.15) is 5.56 Å². The number of amides is 1. The first-order valence-corrected chi connectivity index (χ1v) is 11.6. The zero-order valence-corrected chi connectivity index (χ0v) is 19.0. The highest BCUT2D eigenvalue weighted by atomic mass is 35.5. The topological polar surface area (TPSA) is 93.2 Å². The molecule has 10 heteroatoms. The largest absolute Gasteiger partial charge is 0.497 e. The number of benzene rings is 2. The number of carbonyl (C=O) groups is 2. The van der Waals surface area contributed by atoms with Crippen LogP contribution in [0.3, 0.4) is 0 Å². The van der Waals surface area contributed by atoms with E-state index < -0.39 is 22.6 Å². The van der Waals surface area contributed by atoms with Crippen LogP contribution in [0.5, 0.6) is 5.75 Å². The van der Waals surface area contributed by atoms with Gasteiger partial charge in [0.15, 0.2) is 6.61 Å². The second kappa shape index (κ2) is 10.6. The summed E-state index contributed by atoms with van der Waals surface area (Å²) in [5.74, 6) is -0.366. The quantitative estimate of drug-likeness (QED) is 0.448. The molecule has 3 rings (SSSR count). The number of piperazine rings is 1. The van der Waals surface area contributed by atoms with E-state index in [-0.39, 0.29) is 37.0 Å². The summed E-state index contributed by atoms with van der Waals surface area (Å²) in [6.07, 6.45) is 2.80. The van der Waals surface area contributed by atoms with Crippen molar-refractivity contribution >= 4 is 39.6 Å². The van der Waals surface area contributed by atoms with Crippen molar-refractivity contribution < 1.29 is 27.5 Å². The molecule has 0 aliphatic carbocycles. The van der Waals surface area contributed by atoms with E-state index >= 15 is 0 Å². The van der Waals surface area contributed by atoms with Crippen molar-refractivity contribution in [2.45, 2.75) is 4.90 Å². The Kier molecular flexibility index (Phi) is 7.89. The SMILES string of the molecule is COc1cccc(C=CC(=O)OCC(=O)N2CCN(S(=O)(=O)c3ccc(Cl)cc3)CC2)c1. The van der Waals surface area contributed by atoms with E-state index in [2.05, 4.69) is 0 Å². The molecule has 2 aromatic carbocycles. The van der Waals surface area contributed by atoms with Crippen LogP contribution in [0, 0.1) is 0 Å². The third-order valence-electron chi connectivity index (χ3n) is 4.89. The fourth-order valence-corrected chi connectivity index (χ4v) is 4.66. The van der Waals surface area contributed by atoms with Crippen molar-refractivity contribution in [2.75, 3.05) is 39.9 Å². The highest BCUT2D eigenvalue weighted by Crippen LogP contribution is 2.20. The van der Waals surface area contributed by atoms with E-state index in [4.69, 9.17) is 21.1 Å². The van der Waals surface area contributed by atoms with Crippen LogP contribution in [0.25, 0.3) is 6.08 Å². The lowest BCUT2D eigenvalue weighted by atomic mass is 10.2. The number of hydrogen-bond donors (Lipinski definition) is 0. The number of esters is 1. The summed E-state index contributed by atoms with van der Waals surface area (Å²) in [5.41, 5.74) is 0.755. The van der Waals surface area contributed by atoms with Gasteiger partial charge in [0.2, 0.25) is 10.0 Å². The second-order valence-corrected chi connectivity index (χ2v) is 9.33. The van der Waals surface area contributed by atoms with E-state index in [1.807, 2.05) is 0 Å². The van der Waals surface area contributed by atoms with Crippen LogP contribution in [0.2, 0.25) is 5.02 Å². The first kappa shape index (κ1) is 23.8. The number of halogens is 1. The number of carbonyl (C=O) groups excluding carboxylic acids is 2. The maximum absolute atomic E-state index is 12.7. The minimum absolute atomic E-state index is 0.151. The van der Waals surface area contributed by atoms with Gasteiger partial charge in [0.1, 0.15) is 5.75 Å². The Hall–Kier alpha value is -2.88. The monoisotopic (exact) mass is 478 g/mol. The zero-order chi connectivity index (χ0) is 23.1. The molecular weight excluding hydrogens is 456 g/mol. The van der Waals surface area contributed by atoms with Crippen molar-refractivity contribution in [1.29, 1.82) is 0 Å². The molecule has 0 saturated carbocycles. The Morgan fingerprint density at radius 2 is 1.75 bits per heavy atom. The smallest absolute Gasteiger partial charge is 0.331 e. The Morgan fingerprint density at radius 3 is 2.41 bits per heavy atom. The van der Waals surface area contributed by atoms with E-state index in [1.165, 1.54) is 39.5 Å². The molecule has 170 valence electrons. The van der Waals surface area contributed by atoms with Gasteiger partial charge in [-0.2, -0.15) is 4.31 Å². The molecule has 1 saturated heterocycles. The third kappa shape index (κ3) is 6.09. The molecule has 1 aliphatic heterocycles. The standard InChI is InChI=1S/C22H23ClN2O6S/c1-30-19-4-2-3-17(15-19)5-10-22(27)31-16-21(26)24-11-13-25(14-12-24)32(28,29)20-8-6-18(23)7-9-20/h2-10,15H,11-14,16H2,1H3. The lowest BCUT2D eigenvalue weighted by Crippen LogP contribution is -2.51. The summed E-state index contributed by atoms with van der Waals surface area (Å²) in [5, 5.41) is 0.451. The van der Waals surface area contributed by atoms with Crippen LogP contribution in [-0.4, -0.2) is 69.4 Å². The summed E-state index contributed by atoms with van der Waals surface area (Å²) in [6, 6.07) is 13.1. The molecule has 8 nitrogen and oxygen atoms in total. The number of hydrogen-bond acceptors (Lipinski definition) is 6. The number of rotatable bonds is 7. The molecule has 0 bridgehead atoms. The molecule has 2 aromatic rings. The van der Waals surface area contributed by atoms with E-state index in [1.54, 1.807) is 37.5 Å². The predicted octanol–water partition coefficient (Wildman–Crippen LogP) is 2.44. The number of ether oxygens (including phenoxy) is 2. The maximum atomic E-state index is 12.7. The van der Waals surface area contributed by atoms with E-state index in [9.17, 15) is 18.0 Å². The van der Waals surface area contributed by atoms with Gasteiger partial charge in [-0.25, -0.2) is 13.2 Å². The summed E-state index contributed by atoms with van der Waals surface area (Å²) in [4.78, 5) is 25.9. The molecule has 1 amide bonds. The molecule has 0 spiro atoms. The van der Waals surface area contributed by atoms with Gasteiger partial charge in [0, 0.05) is 37.3 Å². The van der Waals surface area contributed by atoms with Gasteiger partial charge in [0.05, 0.1) is 12.0 Å². The van der Waals surface area contributed by atoms with Crippen LogP contribution in [0.4, 0.5) is 0 Å². The highest BCUT2D eigenvalue weighted by molar-refractivity contribution is 7.89. The summed E-state index contributed by atoms with van der Waals surface area (Å²) in [7, 11) is -2.11. The predicted molar refractivity (Wildman–Crippen MR) is 120 cm³/mol. The fourth-order valence-electron chi connectivity index (χ4n) is 3.12. The van der Waals surface area contributed by atoms with Crippen molar-refractivity contribution in [1.82, 2.24) is 9.21 Å². The average Bonchev–Trinajstić information content (AvgIpc) is 2.81. The minimum atomic E-state index is -3.66. The Morgan fingerprint density at radius 1 is 1.06 bits per heavy atom. The Bertz CT molecular complexity index is 1090. The molecule has 32 heavy (non-hydrogen) atoms. The normalized spacial score (nSPS) is 15.0. The van der Waals surface area contributed by atoms with Gasteiger partial charge < -0.3 is 14.4 Å². The first-order valence-electron chi connectivity index (χ1n) is 9.82. The Balaban J connectivity index is 1.47. The third-order valence-corrected chi connectivity index (χ3v) is 7.05. The van der Waals surface area contributed by atoms with Crippen molar-refractivity contribution in [3.8, 4) is 5.75 Å². The molecule has 1 fully saturated rings. The van der Waals surface area contributed by atoms with Crippen LogP contribution >= 0.6 is 11.6 Å². The van der Waals surface area contributed by atoms with Crippen molar-refractivity contribution in [3.05, 3.63) is 65.2 Å². The second-order valence-electron chi connectivity index (χ2n) is 6.96. The van der Waals surface area contributed by atoms with Crippen molar-refractivity contribution in [2.24, 2.45) is 0 Å². The van der Waals surface area contributed by atoms with E-state index in [0.29, 0.717) is 10.8 Å². The number of nitrogens with zero attached hydrogens (tertiary/aromatic N) is 2. The lowest BCUT2D eigenvalue weighted by Gasteiger charge is -2.33. The van der Waals surface area contributed by atoms with Gasteiger partial charge >= 0.3 is 5.97 Å². The van der Waals surface area contributed by atoms with Gasteiger partial charge in [0.25, 0.3) is 5.91 Å². The van der Waals surface area contributed by atoms with Crippen molar-refractivity contribution in [3.63, 3.8) is 0 Å². The maximum Gasteiger partial charge on any atom is 0.331 e. The highest BCUT2D eigenvalue weighted by Gasteiger charge is 2.30.